The summed E-state index contributed by atoms with van der Waals surface area (Å²) in [4.78, 5) is 39.1. The summed E-state index contributed by atoms with van der Waals surface area (Å²) in [7, 11) is 1.54. The number of amides is 2. The molecule has 0 radical (unpaired) electrons. The van der Waals surface area contributed by atoms with Crippen LogP contribution in [0.3, 0.4) is 0 Å². The molecule has 1 aliphatic heterocycles. The number of nitrogens with zero attached hydrogens (tertiary/aromatic N) is 1. The monoisotopic (exact) mass is 395 g/mol. The first-order valence-corrected chi connectivity index (χ1v) is 9.50. The number of methoxy groups -OCH3 is 1. The predicted molar refractivity (Wildman–Crippen MR) is 109 cm³/mol. The smallest absolute Gasteiger partial charge is 0.421 e. The van der Waals surface area contributed by atoms with Gasteiger partial charge in [0.2, 0.25) is 0 Å². The Kier molecular flexibility index (Phi) is 5.46. The molecule has 0 fully saturated rings. The molecule has 0 spiro atoms. The Labute approximate surface area is 170 Å². The Bertz CT molecular complexity index is 932. The van der Waals surface area contributed by atoms with E-state index in [-0.39, 0.29) is 12.8 Å². The van der Waals surface area contributed by atoms with Gasteiger partial charge in [-0.05, 0) is 51.0 Å². The van der Waals surface area contributed by atoms with Gasteiger partial charge >= 0.3 is 6.09 Å². The number of rotatable bonds is 5. The fourth-order valence-electron chi connectivity index (χ4n) is 3.75. The number of hydrogen-bond donors (Lipinski definition) is 0. The molecule has 1 atom stereocenters. The molecule has 0 saturated heterocycles. The summed E-state index contributed by atoms with van der Waals surface area (Å²) in [5.74, 6) is 0.136. The van der Waals surface area contributed by atoms with Gasteiger partial charge in [-0.2, -0.15) is 0 Å². The Morgan fingerprint density at radius 2 is 1.83 bits per heavy atom. The lowest BCUT2D eigenvalue weighted by Gasteiger charge is -2.29. The topological polar surface area (TPSA) is 72.9 Å². The summed E-state index contributed by atoms with van der Waals surface area (Å²) < 4.78 is 10.9. The lowest BCUT2D eigenvalue weighted by Crippen LogP contribution is -2.46. The van der Waals surface area contributed by atoms with Crippen molar-refractivity contribution in [2.45, 2.75) is 44.6 Å². The lowest BCUT2D eigenvalue weighted by atomic mass is 9.72. The van der Waals surface area contributed by atoms with E-state index in [2.05, 4.69) is 0 Å². The average Bonchev–Trinajstić information content (AvgIpc) is 2.93. The molecular formula is C23H25NO5. The van der Waals surface area contributed by atoms with Gasteiger partial charge in [-0.1, -0.05) is 30.3 Å². The Morgan fingerprint density at radius 3 is 2.41 bits per heavy atom. The fourth-order valence-corrected chi connectivity index (χ4v) is 3.75. The second-order valence-corrected chi connectivity index (χ2v) is 7.98. The Morgan fingerprint density at radius 1 is 1.14 bits per heavy atom. The molecule has 1 aliphatic rings. The van der Waals surface area contributed by atoms with Crippen molar-refractivity contribution in [3.8, 4) is 5.75 Å². The van der Waals surface area contributed by atoms with Crippen molar-refractivity contribution in [1.82, 2.24) is 0 Å². The summed E-state index contributed by atoms with van der Waals surface area (Å²) in [6, 6.07) is 14.3. The number of hydrogen-bond acceptors (Lipinski definition) is 5. The minimum atomic E-state index is -1.18. The van der Waals surface area contributed by atoms with E-state index < -0.39 is 23.0 Å². The van der Waals surface area contributed by atoms with Crippen molar-refractivity contribution in [3.63, 3.8) is 0 Å². The molecule has 1 heterocycles. The molecule has 29 heavy (non-hydrogen) atoms. The van der Waals surface area contributed by atoms with E-state index >= 15 is 0 Å². The first-order valence-electron chi connectivity index (χ1n) is 9.50. The van der Waals surface area contributed by atoms with Crippen molar-refractivity contribution in [2.75, 3.05) is 12.0 Å². The zero-order valence-corrected chi connectivity index (χ0v) is 17.1. The normalized spacial score (nSPS) is 18.3. The van der Waals surface area contributed by atoms with Crippen molar-refractivity contribution < 1.29 is 23.9 Å². The molecule has 2 aromatic rings. The number of carbonyl (C=O) groups is 3. The number of ether oxygens (including phenoxy) is 2. The van der Waals surface area contributed by atoms with Crippen LogP contribution >= 0.6 is 0 Å². The maximum Gasteiger partial charge on any atom is 0.421 e. The van der Waals surface area contributed by atoms with Gasteiger partial charge in [0.25, 0.3) is 5.91 Å². The van der Waals surface area contributed by atoms with E-state index in [0.29, 0.717) is 22.6 Å². The summed E-state index contributed by atoms with van der Waals surface area (Å²) in [6.45, 7) is 5.24. The largest absolute Gasteiger partial charge is 0.497 e. The van der Waals surface area contributed by atoms with Crippen LogP contribution in [-0.2, 0) is 19.7 Å². The van der Waals surface area contributed by atoms with Crippen LogP contribution in [0.1, 0.15) is 44.7 Å². The van der Waals surface area contributed by atoms with Crippen LogP contribution < -0.4 is 9.64 Å². The summed E-state index contributed by atoms with van der Waals surface area (Å²) >= 11 is 0. The standard InChI is InChI=1S/C23H25NO5/c1-22(2,3)29-21(27)24-19-12-11-17(28-4)15-18(19)23(20(24)26,13-8-14-25)16-9-6-5-7-10-16/h5-7,9-12,14-15H,8,13H2,1-4H3/t23-/m1/s1. The quantitative estimate of drug-likeness (QED) is 0.708. The van der Waals surface area contributed by atoms with Gasteiger partial charge in [-0.25, -0.2) is 9.69 Å². The van der Waals surface area contributed by atoms with E-state index in [0.717, 1.165) is 11.2 Å². The third kappa shape index (κ3) is 3.62. The molecule has 0 aromatic heterocycles. The van der Waals surface area contributed by atoms with Crippen molar-refractivity contribution in [2.24, 2.45) is 0 Å². The molecule has 0 aliphatic carbocycles. The van der Waals surface area contributed by atoms with Gasteiger partial charge in [0.15, 0.2) is 0 Å². The van der Waals surface area contributed by atoms with E-state index in [1.165, 1.54) is 0 Å². The minimum Gasteiger partial charge on any atom is -0.497 e. The lowest BCUT2D eigenvalue weighted by molar-refractivity contribution is -0.122. The van der Waals surface area contributed by atoms with E-state index in [1.54, 1.807) is 46.1 Å². The number of fused-ring (bicyclic) bond motifs is 1. The molecule has 2 aromatic carbocycles. The van der Waals surface area contributed by atoms with Crippen LogP contribution in [0.5, 0.6) is 5.75 Å². The molecular weight excluding hydrogens is 370 g/mol. The third-order valence-corrected chi connectivity index (χ3v) is 4.95. The predicted octanol–water partition coefficient (Wildman–Crippen LogP) is 4.24. The van der Waals surface area contributed by atoms with Crippen molar-refractivity contribution >= 4 is 24.0 Å². The van der Waals surface area contributed by atoms with Gasteiger partial charge in [-0.3, -0.25) is 4.79 Å². The molecule has 3 rings (SSSR count). The van der Waals surface area contributed by atoms with Crippen LogP contribution in [-0.4, -0.2) is 31.0 Å². The summed E-state index contributed by atoms with van der Waals surface area (Å²) in [5.41, 5.74) is -0.152. The Balaban J connectivity index is 2.25. The molecule has 152 valence electrons. The molecule has 2 amide bonds. The maximum atomic E-state index is 13.8. The highest BCUT2D eigenvalue weighted by atomic mass is 16.6. The highest BCUT2D eigenvalue weighted by molar-refractivity contribution is 6.22. The van der Waals surface area contributed by atoms with Gasteiger partial charge in [0, 0.05) is 12.0 Å². The van der Waals surface area contributed by atoms with E-state index in [4.69, 9.17) is 9.47 Å². The molecule has 6 heteroatoms. The summed E-state index contributed by atoms with van der Waals surface area (Å²) in [6.07, 6.45) is 0.449. The minimum absolute atomic E-state index is 0.166. The van der Waals surface area contributed by atoms with Crippen LogP contribution in [0.25, 0.3) is 0 Å². The molecule has 0 bridgehead atoms. The first-order chi connectivity index (χ1) is 13.7. The maximum absolute atomic E-state index is 13.8. The van der Waals surface area contributed by atoms with Gasteiger partial charge in [0.05, 0.1) is 12.8 Å². The van der Waals surface area contributed by atoms with Crippen molar-refractivity contribution in [3.05, 3.63) is 59.7 Å². The SMILES string of the molecule is COc1ccc2c(c1)[C@@](CCC=O)(c1ccccc1)C(=O)N2C(=O)OC(C)(C)C. The fraction of sp³-hybridized carbons (Fsp3) is 0.348. The highest BCUT2D eigenvalue weighted by Gasteiger charge is 2.54. The first kappa shape index (κ1) is 20.6. The second-order valence-electron chi connectivity index (χ2n) is 7.98. The molecule has 0 saturated carbocycles. The number of benzene rings is 2. The summed E-state index contributed by atoms with van der Waals surface area (Å²) in [5, 5.41) is 0. The van der Waals surface area contributed by atoms with E-state index in [9.17, 15) is 14.4 Å². The molecule has 0 N–H and O–H groups in total. The third-order valence-electron chi connectivity index (χ3n) is 4.95. The van der Waals surface area contributed by atoms with Crippen LogP contribution in [0.2, 0.25) is 0 Å². The van der Waals surface area contributed by atoms with Gasteiger partial charge in [0.1, 0.15) is 23.1 Å². The highest BCUT2D eigenvalue weighted by Crippen LogP contribution is 2.50. The zero-order chi connectivity index (χ0) is 21.2. The van der Waals surface area contributed by atoms with Crippen molar-refractivity contribution in [1.29, 1.82) is 0 Å². The number of imide groups is 1. The number of carbonyl (C=O) groups excluding carboxylic acids is 3. The number of aldehydes is 1. The van der Waals surface area contributed by atoms with Gasteiger partial charge < -0.3 is 14.3 Å². The zero-order valence-electron chi connectivity index (χ0n) is 17.1. The van der Waals surface area contributed by atoms with Crippen LogP contribution in [0, 0.1) is 0 Å². The molecule has 6 nitrogen and oxygen atoms in total. The average molecular weight is 395 g/mol. The van der Waals surface area contributed by atoms with Crippen LogP contribution in [0.15, 0.2) is 48.5 Å². The second kappa shape index (κ2) is 7.70. The van der Waals surface area contributed by atoms with Gasteiger partial charge in [-0.15, -0.1) is 0 Å². The Hall–Kier alpha value is -3.15. The molecule has 0 unspecified atom stereocenters. The van der Waals surface area contributed by atoms with E-state index in [1.807, 2.05) is 30.3 Å². The number of anilines is 1. The van der Waals surface area contributed by atoms with Crippen LogP contribution in [0.4, 0.5) is 10.5 Å².